The maximum absolute atomic E-state index is 12.8. The van der Waals surface area contributed by atoms with Crippen LogP contribution in [0.25, 0.3) is 5.69 Å². The highest BCUT2D eigenvalue weighted by atomic mass is 16.6. The standard InChI is InChI=1S/C18H16N6O4/c1-11(20-21-17(25)13-7-9-19-10-8-13)16-12(2)22-23(18(16)26)14-3-5-15(6-4-14)24(27)28/h3-10,22H,1-2H3,(H,21,25)/b20-11+. The van der Waals surface area contributed by atoms with Crippen LogP contribution in [0.5, 0.6) is 0 Å². The quantitative estimate of drug-likeness (QED) is 0.396. The van der Waals surface area contributed by atoms with Crippen molar-refractivity contribution in [3.63, 3.8) is 0 Å². The molecule has 2 heterocycles. The van der Waals surface area contributed by atoms with Crippen LogP contribution in [0, 0.1) is 17.0 Å². The van der Waals surface area contributed by atoms with E-state index in [1.54, 1.807) is 26.0 Å². The highest BCUT2D eigenvalue weighted by Crippen LogP contribution is 2.14. The fraction of sp³-hybridized carbons (Fsp3) is 0.111. The summed E-state index contributed by atoms with van der Waals surface area (Å²) < 4.78 is 1.26. The largest absolute Gasteiger partial charge is 0.295 e. The number of hydrazone groups is 1. The number of nitrogens with zero attached hydrogens (tertiary/aromatic N) is 4. The number of aromatic amines is 1. The Labute approximate surface area is 158 Å². The topological polar surface area (TPSA) is 135 Å². The highest BCUT2D eigenvalue weighted by molar-refractivity contribution is 6.01. The van der Waals surface area contributed by atoms with Crippen molar-refractivity contribution >= 4 is 17.3 Å². The molecule has 1 aromatic carbocycles. The molecule has 0 spiro atoms. The number of hydrogen-bond acceptors (Lipinski definition) is 6. The summed E-state index contributed by atoms with van der Waals surface area (Å²) in [5.74, 6) is -0.425. The number of nitro benzene ring substituents is 1. The van der Waals surface area contributed by atoms with E-state index in [4.69, 9.17) is 0 Å². The summed E-state index contributed by atoms with van der Waals surface area (Å²) in [4.78, 5) is 38.9. The minimum Gasteiger partial charge on any atom is -0.295 e. The maximum atomic E-state index is 12.8. The molecular weight excluding hydrogens is 364 g/mol. The Balaban J connectivity index is 1.87. The normalized spacial score (nSPS) is 11.3. The summed E-state index contributed by atoms with van der Waals surface area (Å²) in [6, 6.07) is 8.65. The van der Waals surface area contributed by atoms with Gasteiger partial charge in [0.15, 0.2) is 0 Å². The molecule has 0 aliphatic carbocycles. The lowest BCUT2D eigenvalue weighted by molar-refractivity contribution is -0.384. The van der Waals surface area contributed by atoms with Crippen LogP contribution in [0.3, 0.4) is 0 Å². The highest BCUT2D eigenvalue weighted by Gasteiger charge is 2.16. The molecule has 0 saturated heterocycles. The first-order chi connectivity index (χ1) is 13.4. The molecule has 10 nitrogen and oxygen atoms in total. The molecule has 3 rings (SSSR count). The molecule has 0 radical (unpaired) electrons. The van der Waals surface area contributed by atoms with E-state index in [1.807, 2.05) is 0 Å². The monoisotopic (exact) mass is 380 g/mol. The molecule has 0 aliphatic rings. The molecule has 0 atom stereocenters. The van der Waals surface area contributed by atoms with Crippen molar-refractivity contribution in [3.8, 4) is 5.69 Å². The van der Waals surface area contributed by atoms with E-state index >= 15 is 0 Å². The van der Waals surface area contributed by atoms with Gasteiger partial charge in [-0.05, 0) is 38.1 Å². The molecule has 2 aromatic heterocycles. The van der Waals surface area contributed by atoms with Gasteiger partial charge in [-0.1, -0.05) is 0 Å². The lowest BCUT2D eigenvalue weighted by atomic mass is 10.2. The molecule has 28 heavy (non-hydrogen) atoms. The predicted molar refractivity (Wildman–Crippen MR) is 102 cm³/mol. The number of carbonyl (C=O) groups excluding carboxylic acids is 1. The van der Waals surface area contributed by atoms with Crippen molar-refractivity contribution in [2.45, 2.75) is 13.8 Å². The number of rotatable bonds is 5. The number of non-ortho nitro benzene ring substituents is 1. The third kappa shape index (κ3) is 3.70. The number of aromatic nitrogens is 3. The number of amides is 1. The predicted octanol–water partition coefficient (Wildman–Crippen LogP) is 1.93. The molecule has 1 amide bonds. The number of benzene rings is 1. The number of nitro groups is 1. The van der Waals surface area contributed by atoms with E-state index in [-0.39, 0.29) is 11.2 Å². The molecular formula is C18H16N6O4. The smallest absolute Gasteiger partial charge is 0.280 e. The third-order valence-corrected chi connectivity index (χ3v) is 4.02. The first-order valence-electron chi connectivity index (χ1n) is 8.20. The van der Waals surface area contributed by atoms with Crippen LogP contribution >= 0.6 is 0 Å². The molecule has 0 bridgehead atoms. The molecule has 10 heteroatoms. The van der Waals surface area contributed by atoms with Gasteiger partial charge in [0.05, 0.1) is 21.9 Å². The van der Waals surface area contributed by atoms with Crippen LogP contribution < -0.4 is 11.0 Å². The Kier molecular flexibility index (Phi) is 5.12. The lowest BCUT2D eigenvalue weighted by Crippen LogP contribution is -2.23. The first kappa shape index (κ1) is 18.7. The van der Waals surface area contributed by atoms with E-state index in [0.29, 0.717) is 28.2 Å². The van der Waals surface area contributed by atoms with Crippen molar-refractivity contribution in [2.75, 3.05) is 0 Å². The van der Waals surface area contributed by atoms with Crippen LogP contribution in [0.2, 0.25) is 0 Å². The number of hydrogen-bond donors (Lipinski definition) is 2. The minimum atomic E-state index is -0.514. The zero-order valence-corrected chi connectivity index (χ0v) is 15.0. The third-order valence-electron chi connectivity index (χ3n) is 4.02. The molecule has 0 aliphatic heterocycles. The van der Waals surface area contributed by atoms with Gasteiger partial charge in [-0.25, -0.2) is 10.1 Å². The Morgan fingerprint density at radius 3 is 2.46 bits per heavy atom. The second kappa shape index (κ2) is 7.66. The van der Waals surface area contributed by atoms with Crippen LogP contribution in [-0.4, -0.2) is 31.3 Å². The van der Waals surface area contributed by atoms with E-state index in [1.165, 1.54) is 41.3 Å². The summed E-state index contributed by atoms with van der Waals surface area (Å²) in [6.07, 6.45) is 2.98. The van der Waals surface area contributed by atoms with Gasteiger partial charge in [0.1, 0.15) is 0 Å². The van der Waals surface area contributed by atoms with Gasteiger partial charge in [0.2, 0.25) is 0 Å². The first-order valence-corrected chi connectivity index (χ1v) is 8.20. The van der Waals surface area contributed by atoms with Crippen LogP contribution in [0.15, 0.2) is 58.7 Å². The zero-order valence-electron chi connectivity index (χ0n) is 15.0. The average Bonchev–Trinajstić information content (AvgIpc) is 3.00. The van der Waals surface area contributed by atoms with Gasteiger partial charge in [-0.15, -0.1) is 0 Å². The van der Waals surface area contributed by atoms with Crippen LogP contribution in [-0.2, 0) is 0 Å². The van der Waals surface area contributed by atoms with Gasteiger partial charge in [0.25, 0.3) is 17.2 Å². The van der Waals surface area contributed by atoms with Crippen molar-refractivity contribution < 1.29 is 9.72 Å². The number of H-pyrrole nitrogens is 1. The van der Waals surface area contributed by atoms with E-state index < -0.39 is 10.8 Å². The SMILES string of the molecule is C/C(=N\NC(=O)c1ccncc1)c1c(C)[nH]n(-c2ccc([N+](=O)[O-])cc2)c1=O. The number of pyridine rings is 1. The van der Waals surface area contributed by atoms with E-state index in [0.717, 1.165) is 0 Å². The van der Waals surface area contributed by atoms with Crippen LogP contribution in [0.4, 0.5) is 5.69 Å². The fourth-order valence-electron chi connectivity index (χ4n) is 2.64. The second-order valence-electron chi connectivity index (χ2n) is 5.90. The second-order valence-corrected chi connectivity index (χ2v) is 5.90. The van der Waals surface area contributed by atoms with Gasteiger partial charge in [-0.3, -0.25) is 29.8 Å². The van der Waals surface area contributed by atoms with Gasteiger partial charge >= 0.3 is 0 Å². The molecule has 0 saturated carbocycles. The molecule has 0 fully saturated rings. The van der Waals surface area contributed by atoms with Crippen LogP contribution in [0.1, 0.15) is 28.5 Å². The summed E-state index contributed by atoms with van der Waals surface area (Å²) in [6.45, 7) is 3.30. The molecule has 3 aromatic rings. The number of nitrogens with one attached hydrogen (secondary N) is 2. The summed E-state index contributed by atoms with van der Waals surface area (Å²) in [5.41, 5.74) is 3.95. The number of aryl methyl sites for hydroxylation is 1. The average molecular weight is 380 g/mol. The van der Waals surface area contributed by atoms with Crippen molar-refractivity contribution in [1.82, 2.24) is 20.2 Å². The van der Waals surface area contributed by atoms with Crippen molar-refractivity contribution in [2.24, 2.45) is 5.10 Å². The molecule has 2 N–H and O–H groups in total. The summed E-state index contributed by atoms with van der Waals surface area (Å²) in [7, 11) is 0. The van der Waals surface area contributed by atoms with Crippen molar-refractivity contribution in [1.29, 1.82) is 0 Å². The zero-order chi connectivity index (χ0) is 20.3. The van der Waals surface area contributed by atoms with Gasteiger partial charge in [0, 0.05) is 35.8 Å². The van der Waals surface area contributed by atoms with Gasteiger partial charge < -0.3 is 0 Å². The summed E-state index contributed by atoms with van der Waals surface area (Å²) in [5, 5.41) is 17.7. The summed E-state index contributed by atoms with van der Waals surface area (Å²) >= 11 is 0. The molecule has 0 unspecified atom stereocenters. The Bertz CT molecular complexity index is 1110. The lowest BCUT2D eigenvalue weighted by Gasteiger charge is -2.01. The fourth-order valence-corrected chi connectivity index (χ4v) is 2.64. The van der Waals surface area contributed by atoms with E-state index in [9.17, 15) is 19.7 Å². The Morgan fingerprint density at radius 1 is 1.21 bits per heavy atom. The minimum absolute atomic E-state index is 0.0723. The molecule has 142 valence electrons. The Morgan fingerprint density at radius 2 is 1.86 bits per heavy atom. The maximum Gasteiger partial charge on any atom is 0.280 e. The Hall–Kier alpha value is -4.08. The number of carbonyl (C=O) groups is 1. The van der Waals surface area contributed by atoms with Crippen molar-refractivity contribution in [3.05, 3.63) is 86.1 Å². The van der Waals surface area contributed by atoms with Gasteiger partial charge in [-0.2, -0.15) is 5.10 Å². The van der Waals surface area contributed by atoms with E-state index in [2.05, 4.69) is 20.6 Å².